The zero-order chi connectivity index (χ0) is 18.4. The molecule has 2 aromatic rings. The Balaban J connectivity index is 2.06. The van der Waals surface area contributed by atoms with Gasteiger partial charge in [0.05, 0.1) is 4.90 Å². The molecule has 2 rings (SSSR count). The largest absolute Gasteiger partial charge is 0.326 e. The number of rotatable bonds is 7. The Morgan fingerprint density at radius 1 is 1.12 bits per heavy atom. The summed E-state index contributed by atoms with van der Waals surface area (Å²) < 4.78 is 27.9. The van der Waals surface area contributed by atoms with Crippen molar-refractivity contribution in [1.82, 2.24) is 4.72 Å². The Labute approximate surface area is 149 Å². The first-order valence-corrected chi connectivity index (χ1v) is 9.71. The van der Waals surface area contributed by atoms with Crippen molar-refractivity contribution >= 4 is 21.6 Å². The van der Waals surface area contributed by atoms with Crippen LogP contribution in [0.1, 0.15) is 31.4 Å². The van der Waals surface area contributed by atoms with E-state index >= 15 is 0 Å². The van der Waals surface area contributed by atoms with Crippen LogP contribution < -0.4 is 10.0 Å². The minimum atomic E-state index is -3.64. The van der Waals surface area contributed by atoms with Gasteiger partial charge in [-0.05, 0) is 49.9 Å². The molecule has 2 aromatic carbocycles. The Morgan fingerprint density at radius 3 is 2.44 bits per heavy atom. The molecule has 2 N–H and O–H groups in total. The highest BCUT2D eigenvalue weighted by Gasteiger charge is 2.18. The summed E-state index contributed by atoms with van der Waals surface area (Å²) in [5, 5.41) is 2.65. The van der Waals surface area contributed by atoms with Crippen molar-refractivity contribution in [3.05, 3.63) is 59.7 Å². The van der Waals surface area contributed by atoms with Gasteiger partial charge in [-0.2, -0.15) is 0 Å². The predicted molar refractivity (Wildman–Crippen MR) is 100 cm³/mol. The number of sulfonamides is 1. The van der Waals surface area contributed by atoms with Gasteiger partial charge in [-0.25, -0.2) is 13.1 Å². The van der Waals surface area contributed by atoms with Crippen LogP contribution in [0.2, 0.25) is 0 Å². The van der Waals surface area contributed by atoms with Crippen LogP contribution in [0.15, 0.2) is 53.4 Å². The number of hydrogen-bond acceptors (Lipinski definition) is 3. The molecule has 0 fully saturated rings. The van der Waals surface area contributed by atoms with E-state index in [9.17, 15) is 13.2 Å². The summed E-state index contributed by atoms with van der Waals surface area (Å²) in [6, 6.07) is 14.5. The number of hydrogen-bond donors (Lipinski definition) is 2. The van der Waals surface area contributed by atoms with Crippen molar-refractivity contribution in [3.63, 3.8) is 0 Å². The van der Waals surface area contributed by atoms with Crippen LogP contribution >= 0.6 is 0 Å². The molecule has 6 heteroatoms. The number of carbonyl (C=O) groups excluding carboxylic acids is 1. The number of benzene rings is 2. The molecule has 0 bridgehead atoms. The number of amides is 1. The van der Waals surface area contributed by atoms with E-state index in [1.807, 2.05) is 44.2 Å². The van der Waals surface area contributed by atoms with Crippen molar-refractivity contribution in [2.45, 2.75) is 44.6 Å². The van der Waals surface area contributed by atoms with Gasteiger partial charge in [0.1, 0.15) is 0 Å². The Morgan fingerprint density at radius 2 is 1.80 bits per heavy atom. The van der Waals surface area contributed by atoms with E-state index in [-0.39, 0.29) is 16.8 Å². The van der Waals surface area contributed by atoms with Crippen molar-refractivity contribution in [2.75, 3.05) is 5.32 Å². The third-order valence-electron chi connectivity index (χ3n) is 3.90. The second kappa shape index (κ2) is 8.27. The summed E-state index contributed by atoms with van der Waals surface area (Å²) in [5.74, 6) is -0.234. The van der Waals surface area contributed by atoms with Gasteiger partial charge in [0, 0.05) is 18.7 Å². The molecule has 0 spiro atoms. The molecule has 0 aromatic heterocycles. The van der Waals surface area contributed by atoms with E-state index in [2.05, 4.69) is 10.0 Å². The molecule has 1 unspecified atom stereocenters. The molecule has 0 radical (unpaired) electrons. The lowest BCUT2D eigenvalue weighted by Gasteiger charge is -2.15. The number of anilines is 1. The topological polar surface area (TPSA) is 75.3 Å². The van der Waals surface area contributed by atoms with Gasteiger partial charge < -0.3 is 5.32 Å². The first-order chi connectivity index (χ1) is 11.8. The average molecular weight is 360 g/mol. The molecule has 1 amide bonds. The Bertz CT molecular complexity index is 833. The third kappa shape index (κ3) is 5.69. The zero-order valence-electron chi connectivity index (χ0n) is 14.7. The molecule has 0 saturated carbocycles. The van der Waals surface area contributed by atoms with Gasteiger partial charge in [-0.15, -0.1) is 0 Å². The highest BCUT2D eigenvalue weighted by molar-refractivity contribution is 7.89. The van der Waals surface area contributed by atoms with E-state index in [1.54, 1.807) is 12.1 Å². The fourth-order valence-electron chi connectivity index (χ4n) is 2.51. The second-order valence-corrected chi connectivity index (χ2v) is 7.92. The lowest BCUT2D eigenvalue weighted by Crippen LogP contribution is -2.33. The lowest BCUT2D eigenvalue weighted by molar-refractivity contribution is -0.114. The van der Waals surface area contributed by atoms with Gasteiger partial charge in [0.2, 0.25) is 15.9 Å². The Hall–Kier alpha value is -2.18. The minimum Gasteiger partial charge on any atom is -0.326 e. The molecule has 25 heavy (non-hydrogen) atoms. The summed E-state index contributed by atoms with van der Waals surface area (Å²) in [7, 11) is -3.64. The summed E-state index contributed by atoms with van der Waals surface area (Å²) in [5.41, 5.74) is 2.50. The molecule has 0 heterocycles. The van der Waals surface area contributed by atoms with Crippen LogP contribution in [0.3, 0.4) is 0 Å². The van der Waals surface area contributed by atoms with E-state index in [1.165, 1.54) is 18.6 Å². The molecular formula is C19H24N2O3S. The minimum absolute atomic E-state index is 0.147. The molecule has 0 aliphatic carbocycles. The standard InChI is InChI=1S/C19H24N2O3S/c1-14-9-12-18(13-19(14)20-16(3)22)25(23,24)21-15(2)10-11-17-7-5-4-6-8-17/h4-9,12-13,15,21H,10-11H2,1-3H3,(H,20,22). The quantitative estimate of drug-likeness (QED) is 0.796. The maximum absolute atomic E-state index is 12.6. The van der Waals surface area contributed by atoms with Gasteiger partial charge in [0.15, 0.2) is 0 Å². The molecule has 0 saturated heterocycles. The number of carbonyl (C=O) groups is 1. The van der Waals surface area contributed by atoms with Crippen LogP contribution in [-0.4, -0.2) is 20.4 Å². The highest BCUT2D eigenvalue weighted by Crippen LogP contribution is 2.20. The normalized spacial score (nSPS) is 12.6. The van der Waals surface area contributed by atoms with Crippen LogP contribution in [0, 0.1) is 6.92 Å². The van der Waals surface area contributed by atoms with Gasteiger partial charge >= 0.3 is 0 Å². The fraction of sp³-hybridized carbons (Fsp3) is 0.316. The van der Waals surface area contributed by atoms with Crippen LogP contribution in [-0.2, 0) is 21.2 Å². The van der Waals surface area contributed by atoms with E-state index < -0.39 is 10.0 Å². The lowest BCUT2D eigenvalue weighted by atomic mass is 10.1. The third-order valence-corrected chi connectivity index (χ3v) is 5.48. The van der Waals surface area contributed by atoms with Crippen molar-refractivity contribution in [3.8, 4) is 0 Å². The predicted octanol–water partition coefficient (Wildman–Crippen LogP) is 3.25. The molecule has 0 aliphatic heterocycles. The first kappa shape index (κ1) is 19.1. The van der Waals surface area contributed by atoms with Gasteiger partial charge in [0.25, 0.3) is 0 Å². The SMILES string of the molecule is CC(=O)Nc1cc(S(=O)(=O)NC(C)CCc2ccccc2)ccc1C. The van der Waals surface area contributed by atoms with Crippen LogP contribution in [0.5, 0.6) is 0 Å². The second-order valence-electron chi connectivity index (χ2n) is 6.20. The highest BCUT2D eigenvalue weighted by atomic mass is 32.2. The van der Waals surface area contributed by atoms with Gasteiger partial charge in [-0.1, -0.05) is 36.4 Å². The maximum Gasteiger partial charge on any atom is 0.240 e. The number of nitrogens with one attached hydrogen (secondary N) is 2. The summed E-state index contributed by atoms with van der Waals surface area (Å²) in [6.45, 7) is 5.06. The summed E-state index contributed by atoms with van der Waals surface area (Å²) in [4.78, 5) is 11.4. The van der Waals surface area contributed by atoms with E-state index in [0.29, 0.717) is 12.1 Å². The average Bonchev–Trinajstić information content (AvgIpc) is 2.55. The van der Waals surface area contributed by atoms with E-state index in [0.717, 1.165) is 12.0 Å². The van der Waals surface area contributed by atoms with Crippen molar-refractivity contribution < 1.29 is 13.2 Å². The molecular weight excluding hydrogens is 336 g/mol. The number of aryl methyl sites for hydroxylation is 2. The molecule has 5 nitrogen and oxygen atoms in total. The Kier molecular flexibility index (Phi) is 6.33. The zero-order valence-corrected chi connectivity index (χ0v) is 15.6. The smallest absolute Gasteiger partial charge is 0.240 e. The van der Waals surface area contributed by atoms with Crippen LogP contribution in [0.25, 0.3) is 0 Å². The molecule has 0 aliphatic rings. The fourth-order valence-corrected chi connectivity index (χ4v) is 3.82. The first-order valence-electron chi connectivity index (χ1n) is 8.22. The van der Waals surface area contributed by atoms with Gasteiger partial charge in [-0.3, -0.25) is 4.79 Å². The van der Waals surface area contributed by atoms with Crippen LogP contribution in [0.4, 0.5) is 5.69 Å². The molecule has 134 valence electrons. The van der Waals surface area contributed by atoms with Crippen molar-refractivity contribution in [2.24, 2.45) is 0 Å². The van der Waals surface area contributed by atoms with Crippen molar-refractivity contribution in [1.29, 1.82) is 0 Å². The summed E-state index contributed by atoms with van der Waals surface area (Å²) >= 11 is 0. The monoisotopic (exact) mass is 360 g/mol. The molecule has 1 atom stereocenters. The maximum atomic E-state index is 12.6. The van der Waals surface area contributed by atoms with E-state index in [4.69, 9.17) is 0 Å². The summed E-state index contributed by atoms with van der Waals surface area (Å²) in [6.07, 6.45) is 1.50.